The van der Waals surface area contributed by atoms with Crippen LogP contribution in [0.15, 0.2) is 23.4 Å². The highest BCUT2D eigenvalue weighted by Gasteiger charge is 2.54. The van der Waals surface area contributed by atoms with Gasteiger partial charge in [0.15, 0.2) is 17.1 Å². The van der Waals surface area contributed by atoms with Gasteiger partial charge in [0.1, 0.15) is 11.6 Å². The lowest BCUT2D eigenvalue weighted by Crippen LogP contribution is -2.44. The maximum atomic E-state index is 13.2. The molecule has 1 aromatic rings. The van der Waals surface area contributed by atoms with Gasteiger partial charge >= 0.3 is 5.97 Å². The first-order chi connectivity index (χ1) is 14.8. The molecule has 0 unspecified atom stereocenters. The monoisotopic (exact) mass is 444 g/mol. The maximum Gasteiger partial charge on any atom is 0.329 e. The molecule has 1 saturated heterocycles. The van der Waals surface area contributed by atoms with E-state index in [0.29, 0.717) is 37.3 Å². The van der Waals surface area contributed by atoms with Crippen molar-refractivity contribution in [3.63, 3.8) is 0 Å². The van der Waals surface area contributed by atoms with E-state index in [2.05, 4.69) is 5.16 Å². The molecule has 0 aromatic heterocycles. The topological polar surface area (TPSA) is 86.7 Å². The highest BCUT2D eigenvalue weighted by atomic mass is 16.7. The molecule has 1 spiro atoms. The Bertz CT molecular complexity index is 920. The molecule has 3 aliphatic heterocycles. The van der Waals surface area contributed by atoms with E-state index in [0.717, 1.165) is 11.3 Å². The van der Waals surface area contributed by atoms with Crippen molar-refractivity contribution in [3.8, 4) is 11.5 Å². The van der Waals surface area contributed by atoms with E-state index < -0.39 is 23.2 Å². The number of hydrogen-bond donors (Lipinski definition) is 0. The van der Waals surface area contributed by atoms with E-state index >= 15 is 0 Å². The first kappa shape index (κ1) is 22.4. The third-order valence-corrected chi connectivity index (χ3v) is 5.63. The van der Waals surface area contributed by atoms with E-state index in [4.69, 9.17) is 19.0 Å². The summed E-state index contributed by atoms with van der Waals surface area (Å²) in [6.45, 7) is 12.0. The molecule has 1 aromatic carbocycles. The second-order valence-corrected chi connectivity index (χ2v) is 11.1. The molecule has 8 heteroatoms. The molecule has 32 heavy (non-hydrogen) atoms. The molecule has 1 amide bonds. The third kappa shape index (κ3) is 4.69. The highest BCUT2D eigenvalue weighted by Crippen LogP contribution is 2.41. The number of amides is 1. The van der Waals surface area contributed by atoms with Crippen molar-refractivity contribution in [2.24, 2.45) is 10.6 Å². The molecule has 1 fully saturated rings. The van der Waals surface area contributed by atoms with Crippen LogP contribution >= 0.6 is 0 Å². The summed E-state index contributed by atoms with van der Waals surface area (Å²) >= 11 is 0. The van der Waals surface area contributed by atoms with Crippen LogP contribution < -0.4 is 9.47 Å². The Kier molecular flexibility index (Phi) is 5.38. The van der Waals surface area contributed by atoms with Gasteiger partial charge in [-0.15, -0.1) is 0 Å². The van der Waals surface area contributed by atoms with Crippen LogP contribution in [-0.2, 0) is 19.2 Å². The Labute approximate surface area is 188 Å². The molecule has 0 N–H and O–H groups in total. The molecule has 2 atom stereocenters. The quantitative estimate of drug-likeness (QED) is 0.662. The minimum absolute atomic E-state index is 0.0784. The van der Waals surface area contributed by atoms with Crippen molar-refractivity contribution in [2.45, 2.75) is 78.0 Å². The maximum absolute atomic E-state index is 13.2. The van der Waals surface area contributed by atoms with E-state index in [9.17, 15) is 9.59 Å². The second-order valence-electron chi connectivity index (χ2n) is 11.1. The first-order valence-electron chi connectivity index (χ1n) is 11.0. The summed E-state index contributed by atoms with van der Waals surface area (Å²) < 4.78 is 16.5. The van der Waals surface area contributed by atoms with Crippen LogP contribution in [0.1, 0.15) is 66.4 Å². The van der Waals surface area contributed by atoms with Crippen LogP contribution in [0.5, 0.6) is 11.5 Å². The Morgan fingerprint density at radius 3 is 2.56 bits per heavy atom. The number of ether oxygens (including phenoxy) is 3. The van der Waals surface area contributed by atoms with Gasteiger partial charge in [-0.05, 0) is 44.4 Å². The van der Waals surface area contributed by atoms with Crippen LogP contribution in [0.25, 0.3) is 0 Å². The number of carbonyl (C=O) groups excluding carboxylic acids is 2. The highest BCUT2D eigenvalue weighted by molar-refractivity contribution is 6.02. The van der Waals surface area contributed by atoms with Gasteiger partial charge in [0.25, 0.3) is 0 Å². The Hall–Kier alpha value is -2.77. The van der Waals surface area contributed by atoms with Crippen molar-refractivity contribution in [1.82, 2.24) is 4.90 Å². The summed E-state index contributed by atoms with van der Waals surface area (Å²) in [6, 6.07) is 4.95. The van der Waals surface area contributed by atoms with Gasteiger partial charge in [0.2, 0.25) is 12.7 Å². The van der Waals surface area contributed by atoms with E-state index in [1.807, 2.05) is 59.7 Å². The number of benzene rings is 1. The smallest absolute Gasteiger partial charge is 0.329 e. The van der Waals surface area contributed by atoms with Gasteiger partial charge in [0, 0.05) is 24.8 Å². The Morgan fingerprint density at radius 1 is 1.16 bits per heavy atom. The lowest BCUT2D eigenvalue weighted by molar-refractivity contribution is -0.163. The lowest BCUT2D eigenvalue weighted by Gasteiger charge is -2.29. The van der Waals surface area contributed by atoms with E-state index in [-0.39, 0.29) is 18.1 Å². The number of likely N-dealkylation sites (tertiary alicyclic amines) is 1. The molecular formula is C24H32N2O6. The summed E-state index contributed by atoms with van der Waals surface area (Å²) in [7, 11) is 0. The van der Waals surface area contributed by atoms with Crippen molar-refractivity contribution in [3.05, 3.63) is 23.8 Å². The summed E-state index contributed by atoms with van der Waals surface area (Å²) in [5, 5.41) is 4.33. The van der Waals surface area contributed by atoms with E-state index in [1.165, 1.54) is 0 Å². The van der Waals surface area contributed by atoms with Gasteiger partial charge in [-0.3, -0.25) is 4.79 Å². The van der Waals surface area contributed by atoms with Crippen LogP contribution in [0.4, 0.5) is 0 Å². The van der Waals surface area contributed by atoms with Crippen molar-refractivity contribution < 1.29 is 28.6 Å². The van der Waals surface area contributed by atoms with Crippen LogP contribution in [-0.4, -0.2) is 53.1 Å². The molecule has 0 bridgehead atoms. The number of esters is 1. The first-order valence-corrected chi connectivity index (χ1v) is 11.0. The largest absolute Gasteiger partial charge is 0.458 e. The van der Waals surface area contributed by atoms with Crippen molar-refractivity contribution in [1.29, 1.82) is 0 Å². The number of nitrogens with zero attached hydrogens (tertiary/aromatic N) is 2. The lowest BCUT2D eigenvalue weighted by atomic mass is 9.91. The zero-order valence-electron chi connectivity index (χ0n) is 19.7. The number of hydrogen-bond acceptors (Lipinski definition) is 7. The normalized spacial score (nSPS) is 24.5. The van der Waals surface area contributed by atoms with Crippen LogP contribution in [0.3, 0.4) is 0 Å². The molecular weight excluding hydrogens is 412 g/mol. The molecule has 174 valence electrons. The number of carbonyl (C=O) groups is 2. The number of oxime groups is 1. The van der Waals surface area contributed by atoms with Crippen LogP contribution in [0, 0.1) is 5.41 Å². The molecule has 0 saturated carbocycles. The SMILES string of the molecule is CC(C)(C)CC(=O)N1C[C@@]2(CC(c3ccc4c(c3)OCO4)=NO2)C[C@H]1C(=O)OC(C)(C)C. The molecule has 0 aliphatic carbocycles. The summed E-state index contributed by atoms with van der Waals surface area (Å²) in [5.41, 5.74) is 0.0448. The minimum atomic E-state index is -0.749. The fourth-order valence-electron chi connectivity index (χ4n) is 4.29. The average molecular weight is 445 g/mol. The number of rotatable bonds is 3. The fraction of sp³-hybridized carbons (Fsp3) is 0.625. The standard InChI is InChI=1S/C24H32N2O6/c1-22(2,3)12-20(27)26-13-24(11-17(26)21(28)31-23(4,5)6)10-16(25-32-24)15-7-8-18-19(9-15)30-14-29-18/h7-9,17H,10-14H2,1-6H3/t17-,24+/m0/s1. The number of fused-ring (bicyclic) bond motifs is 1. The van der Waals surface area contributed by atoms with Gasteiger partial charge in [-0.1, -0.05) is 25.9 Å². The zero-order valence-corrected chi connectivity index (χ0v) is 19.7. The summed E-state index contributed by atoms with van der Waals surface area (Å²) in [4.78, 5) is 33.7. The van der Waals surface area contributed by atoms with Crippen LogP contribution in [0.2, 0.25) is 0 Å². The van der Waals surface area contributed by atoms with Crippen molar-refractivity contribution >= 4 is 17.6 Å². The summed E-state index contributed by atoms with van der Waals surface area (Å²) in [6.07, 6.45) is 1.17. The molecule has 0 radical (unpaired) electrons. The zero-order chi connectivity index (χ0) is 23.3. The second kappa shape index (κ2) is 7.67. The predicted molar refractivity (Wildman–Crippen MR) is 118 cm³/mol. The average Bonchev–Trinajstić information content (AvgIpc) is 3.37. The van der Waals surface area contributed by atoms with E-state index in [1.54, 1.807) is 4.90 Å². The van der Waals surface area contributed by atoms with Gasteiger partial charge in [-0.25, -0.2) is 4.79 Å². The molecule has 8 nitrogen and oxygen atoms in total. The van der Waals surface area contributed by atoms with Crippen molar-refractivity contribution in [2.75, 3.05) is 13.3 Å². The van der Waals surface area contributed by atoms with Gasteiger partial charge in [0.05, 0.1) is 12.3 Å². The fourth-order valence-corrected chi connectivity index (χ4v) is 4.29. The molecule has 3 heterocycles. The Morgan fingerprint density at radius 2 is 1.88 bits per heavy atom. The van der Waals surface area contributed by atoms with Gasteiger partial charge < -0.3 is 23.9 Å². The molecule has 3 aliphatic rings. The Balaban J connectivity index is 1.54. The third-order valence-electron chi connectivity index (χ3n) is 5.63. The minimum Gasteiger partial charge on any atom is -0.458 e. The molecule has 4 rings (SSSR count). The summed E-state index contributed by atoms with van der Waals surface area (Å²) in [5.74, 6) is 0.890. The predicted octanol–water partition coefficient (Wildman–Crippen LogP) is 3.66. The van der Waals surface area contributed by atoms with Gasteiger partial charge in [-0.2, -0.15) is 0 Å².